The Morgan fingerprint density at radius 2 is 1.87 bits per heavy atom. The Balaban J connectivity index is 1.89. The number of nitrogens with one attached hydrogen (secondary N) is 1. The van der Waals surface area contributed by atoms with Crippen molar-refractivity contribution in [2.45, 2.75) is 12.6 Å². The van der Waals surface area contributed by atoms with Crippen molar-refractivity contribution in [3.63, 3.8) is 0 Å². The highest BCUT2D eigenvalue weighted by atomic mass is 16.5. The van der Waals surface area contributed by atoms with E-state index >= 15 is 0 Å². The summed E-state index contributed by atoms with van der Waals surface area (Å²) in [7, 11) is 1.71. The van der Waals surface area contributed by atoms with Gasteiger partial charge in [-0.15, -0.1) is 0 Å². The Bertz CT molecular complexity index is 725. The highest BCUT2D eigenvalue weighted by molar-refractivity contribution is 5.81. The predicted octanol–water partition coefficient (Wildman–Crippen LogP) is 2.83. The molecule has 4 rings (SSSR count). The molecule has 23 heavy (non-hydrogen) atoms. The van der Waals surface area contributed by atoms with Gasteiger partial charge in [-0.05, 0) is 24.6 Å². The lowest BCUT2D eigenvalue weighted by Crippen LogP contribution is -2.56. The average molecular weight is 310 g/mol. The van der Waals surface area contributed by atoms with Gasteiger partial charge in [0.05, 0.1) is 12.7 Å². The maximum absolute atomic E-state index is 6.55. The first-order chi connectivity index (χ1) is 11.2. The van der Waals surface area contributed by atoms with Crippen LogP contribution in [0.1, 0.15) is 12.5 Å². The molecule has 1 atom stereocenters. The molecule has 0 bridgehead atoms. The minimum atomic E-state index is -0.446. The van der Waals surface area contributed by atoms with E-state index in [9.17, 15) is 0 Å². The molecule has 0 aromatic heterocycles. The van der Waals surface area contributed by atoms with Gasteiger partial charge in [0.1, 0.15) is 11.5 Å². The number of fused-ring (bicyclic) bond motifs is 3. The van der Waals surface area contributed by atoms with E-state index in [1.807, 2.05) is 18.2 Å². The van der Waals surface area contributed by atoms with Crippen molar-refractivity contribution in [3.05, 3.63) is 48.0 Å². The summed E-state index contributed by atoms with van der Waals surface area (Å²) in [5, 5.41) is 3.42. The maximum Gasteiger partial charge on any atom is 0.187 e. The van der Waals surface area contributed by atoms with Crippen LogP contribution in [0.4, 0.5) is 0 Å². The number of hydrogen-bond acceptors (Lipinski definition) is 4. The molecule has 1 fully saturated rings. The normalized spacial score (nSPS) is 23.6. The number of ether oxygens (including phenoxy) is 2. The number of methoxy groups -OCH3 is 1. The van der Waals surface area contributed by atoms with Crippen LogP contribution in [0.25, 0.3) is 11.1 Å². The topological polar surface area (TPSA) is 33.7 Å². The largest absolute Gasteiger partial charge is 0.496 e. The summed E-state index contributed by atoms with van der Waals surface area (Å²) < 4.78 is 12.1. The third-order valence-electron chi connectivity index (χ3n) is 4.93. The molecule has 2 aliphatic heterocycles. The summed E-state index contributed by atoms with van der Waals surface area (Å²) >= 11 is 0. The fraction of sp³-hybridized carbons (Fsp3) is 0.368. The van der Waals surface area contributed by atoms with Crippen molar-refractivity contribution >= 4 is 0 Å². The summed E-state index contributed by atoms with van der Waals surface area (Å²) in [5.74, 6) is 1.75. The Hall–Kier alpha value is -2.04. The molecule has 4 nitrogen and oxygen atoms in total. The minimum Gasteiger partial charge on any atom is -0.496 e. The first-order valence-corrected chi connectivity index (χ1v) is 8.16. The molecule has 2 aromatic rings. The van der Waals surface area contributed by atoms with Crippen LogP contribution in [-0.4, -0.2) is 38.2 Å². The highest BCUT2D eigenvalue weighted by Crippen LogP contribution is 2.50. The first-order valence-electron chi connectivity index (χ1n) is 8.16. The van der Waals surface area contributed by atoms with Crippen LogP contribution >= 0.6 is 0 Å². The maximum atomic E-state index is 6.55. The van der Waals surface area contributed by atoms with Crippen molar-refractivity contribution in [1.29, 1.82) is 0 Å². The van der Waals surface area contributed by atoms with Crippen molar-refractivity contribution in [3.8, 4) is 22.6 Å². The third kappa shape index (κ3) is 2.21. The molecule has 2 aliphatic rings. The van der Waals surface area contributed by atoms with E-state index in [1.54, 1.807) is 7.11 Å². The third-order valence-corrected chi connectivity index (χ3v) is 4.93. The van der Waals surface area contributed by atoms with Crippen LogP contribution in [0.3, 0.4) is 0 Å². The van der Waals surface area contributed by atoms with Crippen LogP contribution in [0.5, 0.6) is 11.5 Å². The molecular weight excluding hydrogens is 288 g/mol. The Kier molecular flexibility index (Phi) is 3.51. The first kappa shape index (κ1) is 14.5. The van der Waals surface area contributed by atoms with Crippen LogP contribution < -0.4 is 14.8 Å². The van der Waals surface area contributed by atoms with Gasteiger partial charge in [0.25, 0.3) is 0 Å². The number of nitrogens with zero attached hydrogens (tertiary/aromatic N) is 1. The lowest BCUT2D eigenvalue weighted by molar-refractivity contribution is -0.0845. The molecule has 0 aliphatic carbocycles. The van der Waals surface area contributed by atoms with Gasteiger partial charge < -0.3 is 14.8 Å². The molecule has 2 aromatic carbocycles. The molecule has 0 saturated carbocycles. The second kappa shape index (κ2) is 5.55. The molecule has 0 radical (unpaired) electrons. The monoisotopic (exact) mass is 310 g/mol. The molecular formula is C19H22N2O2. The molecule has 1 unspecified atom stereocenters. The second-order valence-corrected chi connectivity index (χ2v) is 6.20. The average Bonchev–Trinajstić information content (AvgIpc) is 2.62. The predicted molar refractivity (Wildman–Crippen MR) is 90.9 cm³/mol. The summed E-state index contributed by atoms with van der Waals surface area (Å²) in [5.41, 5.74) is 3.02. The highest BCUT2D eigenvalue weighted by Gasteiger charge is 2.42. The molecule has 4 heteroatoms. The SMILES string of the molecule is COc1cccc2c1-c1ccccc1C(C)(N1CCNCC1)O2. The van der Waals surface area contributed by atoms with Crippen LogP contribution in [0, 0.1) is 0 Å². The van der Waals surface area contributed by atoms with Crippen LogP contribution in [0.2, 0.25) is 0 Å². The van der Waals surface area contributed by atoms with Crippen molar-refractivity contribution < 1.29 is 9.47 Å². The van der Waals surface area contributed by atoms with E-state index in [0.29, 0.717) is 0 Å². The van der Waals surface area contributed by atoms with E-state index < -0.39 is 5.72 Å². The van der Waals surface area contributed by atoms with Gasteiger partial charge in [-0.2, -0.15) is 0 Å². The van der Waals surface area contributed by atoms with Crippen LogP contribution in [-0.2, 0) is 5.72 Å². The van der Waals surface area contributed by atoms with Gasteiger partial charge in [-0.25, -0.2) is 0 Å². The van der Waals surface area contributed by atoms with E-state index in [-0.39, 0.29) is 0 Å². The molecule has 2 heterocycles. The van der Waals surface area contributed by atoms with E-state index in [0.717, 1.165) is 43.2 Å². The number of piperazine rings is 1. The van der Waals surface area contributed by atoms with Crippen molar-refractivity contribution in [2.75, 3.05) is 33.3 Å². The van der Waals surface area contributed by atoms with Gasteiger partial charge in [-0.1, -0.05) is 30.3 Å². The molecule has 0 spiro atoms. The van der Waals surface area contributed by atoms with Crippen LogP contribution in [0.15, 0.2) is 42.5 Å². The fourth-order valence-electron chi connectivity index (χ4n) is 3.73. The Labute approximate surface area is 137 Å². The van der Waals surface area contributed by atoms with Gasteiger partial charge in [0, 0.05) is 31.7 Å². The zero-order valence-electron chi connectivity index (χ0n) is 13.6. The van der Waals surface area contributed by atoms with Gasteiger partial charge >= 0.3 is 0 Å². The summed E-state index contributed by atoms with van der Waals surface area (Å²) in [6.45, 7) is 6.12. The molecule has 1 saturated heterocycles. The van der Waals surface area contributed by atoms with E-state index in [1.165, 1.54) is 11.1 Å². The van der Waals surface area contributed by atoms with Gasteiger partial charge in [-0.3, -0.25) is 4.90 Å². The second-order valence-electron chi connectivity index (χ2n) is 6.20. The van der Waals surface area contributed by atoms with Gasteiger partial charge in [0.15, 0.2) is 5.72 Å². The van der Waals surface area contributed by atoms with Crippen molar-refractivity contribution in [1.82, 2.24) is 10.2 Å². The summed E-state index contributed by atoms with van der Waals surface area (Å²) in [6.07, 6.45) is 0. The lowest BCUT2D eigenvalue weighted by Gasteiger charge is -2.46. The van der Waals surface area contributed by atoms with E-state index in [4.69, 9.17) is 9.47 Å². The molecule has 1 N–H and O–H groups in total. The Morgan fingerprint density at radius 1 is 1.09 bits per heavy atom. The molecule has 120 valence electrons. The number of rotatable bonds is 2. The van der Waals surface area contributed by atoms with Crippen molar-refractivity contribution in [2.24, 2.45) is 0 Å². The lowest BCUT2D eigenvalue weighted by atomic mass is 9.88. The minimum absolute atomic E-state index is 0.446. The zero-order valence-corrected chi connectivity index (χ0v) is 13.6. The smallest absolute Gasteiger partial charge is 0.187 e. The standard InChI is InChI=1S/C19H22N2O2/c1-19(21-12-10-20-11-13-21)15-7-4-3-6-14(15)18-16(22-2)8-5-9-17(18)23-19/h3-9,20H,10-13H2,1-2H3. The van der Waals surface area contributed by atoms with Gasteiger partial charge in [0.2, 0.25) is 0 Å². The summed E-state index contributed by atoms with van der Waals surface area (Å²) in [4.78, 5) is 2.42. The zero-order chi connectivity index (χ0) is 15.9. The fourth-order valence-corrected chi connectivity index (χ4v) is 3.73. The van der Waals surface area contributed by atoms with E-state index in [2.05, 4.69) is 41.4 Å². The quantitative estimate of drug-likeness (QED) is 0.925. The number of benzene rings is 2. The molecule has 0 amide bonds. The summed E-state index contributed by atoms with van der Waals surface area (Å²) in [6, 6.07) is 14.5. The number of hydrogen-bond donors (Lipinski definition) is 1. The Morgan fingerprint density at radius 3 is 2.65 bits per heavy atom.